The average molecular weight is 370 g/mol. The highest BCUT2D eigenvalue weighted by Gasteiger charge is 2.32. The number of ether oxygens (including phenoxy) is 1. The van der Waals surface area contributed by atoms with Crippen LogP contribution in [0.3, 0.4) is 0 Å². The van der Waals surface area contributed by atoms with E-state index in [4.69, 9.17) is 0 Å². The monoisotopic (exact) mass is 370 g/mol. The summed E-state index contributed by atoms with van der Waals surface area (Å²) in [4.78, 5) is 16.9. The molecule has 26 heavy (non-hydrogen) atoms. The van der Waals surface area contributed by atoms with Gasteiger partial charge in [0, 0.05) is 24.7 Å². The van der Waals surface area contributed by atoms with Crippen LogP contribution >= 0.6 is 0 Å². The maximum absolute atomic E-state index is 12.6. The van der Waals surface area contributed by atoms with Crippen molar-refractivity contribution in [2.75, 3.05) is 26.2 Å². The third-order valence-corrected chi connectivity index (χ3v) is 5.42. The molecule has 2 aliphatic rings. The van der Waals surface area contributed by atoms with Gasteiger partial charge in [0.25, 0.3) is 5.91 Å². The maximum Gasteiger partial charge on any atom is 0.573 e. The Morgan fingerprint density at radius 1 is 1.00 bits per heavy atom. The van der Waals surface area contributed by atoms with Gasteiger partial charge in [0.15, 0.2) is 0 Å². The summed E-state index contributed by atoms with van der Waals surface area (Å²) in [5.74, 6) is 0.360. The second kappa shape index (κ2) is 7.86. The van der Waals surface area contributed by atoms with Crippen LogP contribution in [0, 0.1) is 5.92 Å². The van der Waals surface area contributed by atoms with E-state index in [1.54, 1.807) is 4.90 Å². The van der Waals surface area contributed by atoms with Gasteiger partial charge in [0.05, 0.1) is 0 Å². The summed E-state index contributed by atoms with van der Waals surface area (Å²) in [6.45, 7) is 5.96. The van der Waals surface area contributed by atoms with Crippen molar-refractivity contribution in [2.24, 2.45) is 5.92 Å². The molecule has 0 saturated carbocycles. The Hall–Kier alpha value is -1.76. The van der Waals surface area contributed by atoms with Crippen molar-refractivity contribution in [3.8, 4) is 5.75 Å². The zero-order valence-corrected chi connectivity index (χ0v) is 15.0. The number of piperidine rings is 2. The highest BCUT2D eigenvalue weighted by atomic mass is 19.4. The van der Waals surface area contributed by atoms with Gasteiger partial charge in [-0.2, -0.15) is 0 Å². The molecule has 2 fully saturated rings. The molecule has 0 N–H and O–H groups in total. The Morgan fingerprint density at radius 3 is 2.12 bits per heavy atom. The predicted octanol–water partition coefficient (Wildman–Crippen LogP) is 3.92. The minimum atomic E-state index is -4.72. The first-order valence-corrected chi connectivity index (χ1v) is 9.21. The number of hydrogen-bond donors (Lipinski definition) is 0. The van der Waals surface area contributed by atoms with Crippen LogP contribution < -0.4 is 4.74 Å². The van der Waals surface area contributed by atoms with E-state index in [2.05, 4.69) is 16.6 Å². The number of halogens is 3. The second-order valence-corrected chi connectivity index (χ2v) is 7.31. The van der Waals surface area contributed by atoms with Gasteiger partial charge in [0.2, 0.25) is 0 Å². The minimum Gasteiger partial charge on any atom is -0.406 e. The van der Waals surface area contributed by atoms with Gasteiger partial charge < -0.3 is 14.5 Å². The number of alkyl halides is 3. The minimum absolute atomic E-state index is 0.130. The third-order valence-electron chi connectivity index (χ3n) is 5.42. The summed E-state index contributed by atoms with van der Waals surface area (Å²) in [7, 11) is 0. The van der Waals surface area contributed by atoms with E-state index >= 15 is 0 Å². The van der Waals surface area contributed by atoms with Crippen molar-refractivity contribution in [1.29, 1.82) is 0 Å². The Labute approximate surface area is 151 Å². The summed E-state index contributed by atoms with van der Waals surface area (Å²) in [6, 6.07) is 5.68. The molecule has 3 rings (SSSR count). The van der Waals surface area contributed by atoms with Gasteiger partial charge in [-0.1, -0.05) is 6.92 Å². The summed E-state index contributed by atoms with van der Waals surface area (Å²) in [5, 5.41) is 0. The fourth-order valence-electron chi connectivity index (χ4n) is 3.81. The molecule has 1 amide bonds. The molecule has 4 nitrogen and oxygen atoms in total. The van der Waals surface area contributed by atoms with Crippen molar-refractivity contribution < 1.29 is 22.7 Å². The molecule has 2 aliphatic heterocycles. The molecule has 0 bridgehead atoms. The van der Waals surface area contributed by atoms with E-state index in [1.807, 2.05) is 0 Å². The smallest absolute Gasteiger partial charge is 0.406 e. The van der Waals surface area contributed by atoms with Gasteiger partial charge in [-0.05, 0) is 69.0 Å². The van der Waals surface area contributed by atoms with Crippen LogP contribution in [-0.2, 0) is 0 Å². The molecule has 1 aromatic rings. The lowest BCUT2D eigenvalue weighted by Crippen LogP contribution is -2.48. The lowest BCUT2D eigenvalue weighted by Gasteiger charge is -2.41. The zero-order valence-electron chi connectivity index (χ0n) is 15.0. The summed E-state index contributed by atoms with van der Waals surface area (Å²) < 4.78 is 40.4. The van der Waals surface area contributed by atoms with Crippen LogP contribution in [0.25, 0.3) is 0 Å². The lowest BCUT2D eigenvalue weighted by atomic mass is 9.95. The molecular formula is C19H25F3N2O2. The molecule has 0 aliphatic carbocycles. The van der Waals surface area contributed by atoms with E-state index in [9.17, 15) is 18.0 Å². The third kappa shape index (κ3) is 4.90. The molecule has 0 unspecified atom stereocenters. The van der Waals surface area contributed by atoms with E-state index in [0.29, 0.717) is 24.7 Å². The van der Waals surface area contributed by atoms with Crippen LogP contribution in [0.4, 0.5) is 13.2 Å². The van der Waals surface area contributed by atoms with Gasteiger partial charge in [-0.25, -0.2) is 0 Å². The first-order chi connectivity index (χ1) is 12.3. The van der Waals surface area contributed by atoms with Crippen molar-refractivity contribution in [2.45, 2.75) is 45.0 Å². The van der Waals surface area contributed by atoms with Crippen LogP contribution in [0.2, 0.25) is 0 Å². The Balaban J connectivity index is 1.52. The first kappa shape index (κ1) is 19.0. The fraction of sp³-hybridized carbons (Fsp3) is 0.632. The Bertz CT molecular complexity index is 602. The number of hydrogen-bond acceptors (Lipinski definition) is 3. The molecule has 2 saturated heterocycles. The summed E-state index contributed by atoms with van der Waals surface area (Å²) in [6.07, 6.45) is -0.332. The quantitative estimate of drug-likeness (QED) is 0.808. The molecule has 0 atom stereocenters. The van der Waals surface area contributed by atoms with Gasteiger partial charge in [0.1, 0.15) is 5.75 Å². The normalized spacial score (nSPS) is 21.0. The van der Waals surface area contributed by atoms with Gasteiger partial charge in [-0.3, -0.25) is 4.79 Å². The fourth-order valence-corrected chi connectivity index (χ4v) is 3.81. The number of carbonyl (C=O) groups excluding carboxylic acids is 1. The topological polar surface area (TPSA) is 32.8 Å². The highest BCUT2D eigenvalue weighted by Crippen LogP contribution is 2.26. The molecule has 0 aromatic heterocycles. The number of rotatable bonds is 3. The summed E-state index contributed by atoms with van der Waals surface area (Å²) in [5.41, 5.74) is 0.393. The predicted molar refractivity (Wildman–Crippen MR) is 92.0 cm³/mol. The Kier molecular flexibility index (Phi) is 5.75. The number of likely N-dealkylation sites (tertiary alicyclic amines) is 2. The molecule has 0 radical (unpaired) electrons. The molecule has 2 heterocycles. The molecular weight excluding hydrogens is 345 g/mol. The van der Waals surface area contributed by atoms with E-state index in [0.717, 1.165) is 31.8 Å². The van der Waals surface area contributed by atoms with Gasteiger partial charge in [-0.15, -0.1) is 13.2 Å². The van der Waals surface area contributed by atoms with Gasteiger partial charge >= 0.3 is 6.36 Å². The van der Waals surface area contributed by atoms with Crippen LogP contribution in [-0.4, -0.2) is 54.3 Å². The molecule has 144 valence electrons. The number of carbonyl (C=O) groups is 1. The molecule has 0 spiro atoms. The number of benzene rings is 1. The molecule has 1 aromatic carbocycles. The average Bonchev–Trinajstić information content (AvgIpc) is 2.61. The Morgan fingerprint density at radius 2 is 1.58 bits per heavy atom. The van der Waals surface area contributed by atoms with Crippen molar-refractivity contribution in [3.05, 3.63) is 29.8 Å². The van der Waals surface area contributed by atoms with E-state index < -0.39 is 6.36 Å². The lowest BCUT2D eigenvalue weighted by molar-refractivity contribution is -0.274. The second-order valence-electron chi connectivity index (χ2n) is 7.31. The maximum atomic E-state index is 12.6. The number of amides is 1. The van der Waals surface area contributed by atoms with E-state index in [1.165, 1.54) is 37.1 Å². The van der Waals surface area contributed by atoms with Crippen molar-refractivity contribution >= 4 is 5.91 Å². The highest BCUT2D eigenvalue weighted by molar-refractivity contribution is 5.94. The van der Waals surface area contributed by atoms with E-state index in [-0.39, 0.29) is 11.7 Å². The van der Waals surface area contributed by atoms with Crippen molar-refractivity contribution in [1.82, 2.24) is 9.80 Å². The summed E-state index contributed by atoms with van der Waals surface area (Å²) >= 11 is 0. The largest absolute Gasteiger partial charge is 0.573 e. The first-order valence-electron chi connectivity index (χ1n) is 9.21. The van der Waals surface area contributed by atoms with Crippen molar-refractivity contribution in [3.63, 3.8) is 0 Å². The number of nitrogens with zero attached hydrogens (tertiary/aromatic N) is 2. The van der Waals surface area contributed by atoms with Crippen LogP contribution in [0.15, 0.2) is 24.3 Å². The molecule has 7 heteroatoms. The van der Waals surface area contributed by atoms with Crippen LogP contribution in [0.5, 0.6) is 5.75 Å². The zero-order chi connectivity index (χ0) is 18.7. The SMILES string of the molecule is CC1CCN(C2CCN(C(=O)c3ccc(OC(F)(F)F)cc3)CC2)CC1. The standard InChI is InChI=1S/C19H25F3N2O2/c1-14-6-10-23(11-7-14)16-8-12-24(13-9-16)18(25)15-2-4-17(5-3-15)26-19(20,21)22/h2-5,14,16H,6-13H2,1H3. The van der Waals surface area contributed by atoms with Crippen LogP contribution in [0.1, 0.15) is 43.0 Å².